The lowest BCUT2D eigenvalue weighted by Gasteiger charge is -2.09. The van der Waals surface area contributed by atoms with E-state index in [2.05, 4.69) is 12.2 Å². The van der Waals surface area contributed by atoms with Crippen LogP contribution in [0, 0.1) is 6.92 Å². The van der Waals surface area contributed by atoms with E-state index in [1.807, 2.05) is 48.5 Å². The topological polar surface area (TPSA) is 30.5 Å². The molecule has 0 bridgehead atoms. The molecule has 0 atom stereocenters. The number of benzene rings is 2. The Morgan fingerprint density at radius 2 is 1.79 bits per heavy atom. The molecule has 1 N–H and O–H groups in total. The van der Waals surface area contributed by atoms with Crippen molar-refractivity contribution < 1.29 is 9.47 Å². The minimum absolute atomic E-state index is 0.625. The molecule has 3 heteroatoms. The number of anilines is 1. The van der Waals surface area contributed by atoms with E-state index in [9.17, 15) is 0 Å². The Hall–Kier alpha value is -2.16. The lowest BCUT2D eigenvalue weighted by Crippen LogP contribution is -2.11. The average molecular weight is 257 g/mol. The van der Waals surface area contributed by atoms with Gasteiger partial charge in [0.25, 0.3) is 0 Å². The summed E-state index contributed by atoms with van der Waals surface area (Å²) in [7, 11) is 1.67. The Morgan fingerprint density at radius 3 is 2.53 bits per heavy atom. The van der Waals surface area contributed by atoms with Crippen LogP contribution in [0.5, 0.6) is 11.5 Å². The maximum Gasteiger partial charge on any atom is 0.120 e. The molecule has 2 aromatic rings. The molecule has 2 aromatic carbocycles. The van der Waals surface area contributed by atoms with Crippen LogP contribution in [0.25, 0.3) is 0 Å². The van der Waals surface area contributed by atoms with Gasteiger partial charge in [0.2, 0.25) is 0 Å². The van der Waals surface area contributed by atoms with Crippen molar-refractivity contribution in [2.24, 2.45) is 0 Å². The molecule has 0 aliphatic carbocycles. The molecule has 100 valence electrons. The summed E-state index contributed by atoms with van der Waals surface area (Å²) in [5.74, 6) is 1.75. The molecule has 0 radical (unpaired) electrons. The van der Waals surface area contributed by atoms with E-state index >= 15 is 0 Å². The fourth-order valence-electron chi connectivity index (χ4n) is 1.73. The van der Waals surface area contributed by atoms with Crippen LogP contribution < -0.4 is 14.8 Å². The van der Waals surface area contributed by atoms with Crippen LogP contribution in [-0.2, 0) is 0 Å². The molecule has 0 amide bonds. The van der Waals surface area contributed by atoms with Gasteiger partial charge in [0.05, 0.1) is 7.11 Å². The van der Waals surface area contributed by atoms with Gasteiger partial charge in [0.15, 0.2) is 0 Å². The Balaban J connectivity index is 1.75. The molecule has 19 heavy (non-hydrogen) atoms. The Kier molecular flexibility index (Phi) is 4.67. The molecule has 0 saturated heterocycles. The van der Waals surface area contributed by atoms with Gasteiger partial charge < -0.3 is 14.8 Å². The third-order valence-electron chi connectivity index (χ3n) is 2.79. The summed E-state index contributed by atoms with van der Waals surface area (Å²) in [6.45, 7) is 3.44. The van der Waals surface area contributed by atoms with Gasteiger partial charge in [0.1, 0.15) is 18.1 Å². The molecule has 3 nitrogen and oxygen atoms in total. The van der Waals surface area contributed by atoms with Gasteiger partial charge in [-0.15, -0.1) is 0 Å². The van der Waals surface area contributed by atoms with Crippen LogP contribution in [0.1, 0.15) is 5.56 Å². The monoisotopic (exact) mass is 257 g/mol. The number of ether oxygens (including phenoxy) is 2. The fraction of sp³-hybridized carbons (Fsp3) is 0.250. The maximum absolute atomic E-state index is 5.65. The summed E-state index contributed by atoms with van der Waals surface area (Å²) < 4.78 is 10.8. The third-order valence-corrected chi connectivity index (χ3v) is 2.79. The highest BCUT2D eigenvalue weighted by molar-refractivity contribution is 5.48. The summed E-state index contributed by atoms with van der Waals surface area (Å²) >= 11 is 0. The van der Waals surface area contributed by atoms with Crippen molar-refractivity contribution >= 4 is 5.69 Å². The van der Waals surface area contributed by atoms with Gasteiger partial charge in [-0.2, -0.15) is 0 Å². The second-order valence-electron chi connectivity index (χ2n) is 4.32. The Labute approximate surface area is 114 Å². The number of hydrogen-bond donors (Lipinski definition) is 1. The largest absolute Gasteiger partial charge is 0.497 e. The lowest BCUT2D eigenvalue weighted by molar-refractivity contribution is 0.333. The first-order valence-electron chi connectivity index (χ1n) is 6.35. The van der Waals surface area contributed by atoms with E-state index in [1.165, 1.54) is 5.56 Å². The van der Waals surface area contributed by atoms with Gasteiger partial charge >= 0.3 is 0 Å². The highest BCUT2D eigenvalue weighted by Gasteiger charge is 1.96. The van der Waals surface area contributed by atoms with Crippen molar-refractivity contribution in [1.29, 1.82) is 0 Å². The van der Waals surface area contributed by atoms with Crippen molar-refractivity contribution in [2.75, 3.05) is 25.6 Å². The molecule has 0 saturated carbocycles. The summed E-state index contributed by atoms with van der Waals surface area (Å²) in [6.07, 6.45) is 0. The van der Waals surface area contributed by atoms with Gasteiger partial charge in [-0.1, -0.05) is 23.8 Å². The predicted molar refractivity (Wildman–Crippen MR) is 78.2 cm³/mol. The molecule has 0 spiro atoms. The minimum Gasteiger partial charge on any atom is -0.497 e. The summed E-state index contributed by atoms with van der Waals surface area (Å²) in [6, 6.07) is 15.9. The minimum atomic E-state index is 0.625. The van der Waals surface area contributed by atoms with Crippen LogP contribution in [0.4, 0.5) is 5.69 Å². The number of nitrogens with one attached hydrogen (secondary N) is 1. The predicted octanol–water partition coefficient (Wildman–Crippen LogP) is 3.49. The number of hydrogen-bond acceptors (Lipinski definition) is 3. The summed E-state index contributed by atoms with van der Waals surface area (Å²) in [5.41, 5.74) is 2.27. The van der Waals surface area contributed by atoms with Crippen molar-refractivity contribution in [3.05, 3.63) is 54.1 Å². The van der Waals surface area contributed by atoms with E-state index in [0.29, 0.717) is 6.61 Å². The SMILES string of the molecule is COc1cccc(NCCOc2ccc(C)cc2)c1. The molecule has 2 rings (SSSR count). The van der Waals surface area contributed by atoms with Crippen LogP contribution in [0.15, 0.2) is 48.5 Å². The molecule has 0 aliphatic heterocycles. The zero-order chi connectivity index (χ0) is 13.5. The Bertz CT molecular complexity index is 508. The lowest BCUT2D eigenvalue weighted by atomic mass is 10.2. The molecular formula is C16H19NO2. The Morgan fingerprint density at radius 1 is 1.00 bits per heavy atom. The normalized spacial score (nSPS) is 10.0. The first-order chi connectivity index (χ1) is 9.28. The second-order valence-corrected chi connectivity index (χ2v) is 4.32. The first kappa shape index (κ1) is 13.3. The molecule has 0 unspecified atom stereocenters. The standard InChI is InChI=1S/C16H19NO2/c1-13-6-8-15(9-7-13)19-11-10-17-14-4-3-5-16(12-14)18-2/h3-9,12,17H,10-11H2,1-2H3. The van der Waals surface area contributed by atoms with E-state index < -0.39 is 0 Å². The number of aryl methyl sites for hydroxylation is 1. The zero-order valence-corrected chi connectivity index (χ0v) is 11.3. The van der Waals surface area contributed by atoms with Gasteiger partial charge in [-0.3, -0.25) is 0 Å². The van der Waals surface area contributed by atoms with E-state index in [1.54, 1.807) is 7.11 Å². The highest BCUT2D eigenvalue weighted by Crippen LogP contribution is 2.16. The summed E-state index contributed by atoms with van der Waals surface area (Å²) in [4.78, 5) is 0. The van der Waals surface area contributed by atoms with Crippen molar-refractivity contribution in [2.45, 2.75) is 6.92 Å². The zero-order valence-electron chi connectivity index (χ0n) is 11.3. The molecule has 0 aromatic heterocycles. The van der Waals surface area contributed by atoms with Gasteiger partial charge in [-0.25, -0.2) is 0 Å². The molecule has 0 heterocycles. The van der Waals surface area contributed by atoms with Crippen LogP contribution in [0.2, 0.25) is 0 Å². The van der Waals surface area contributed by atoms with Gasteiger partial charge in [-0.05, 0) is 31.2 Å². The smallest absolute Gasteiger partial charge is 0.120 e. The highest BCUT2D eigenvalue weighted by atomic mass is 16.5. The van der Waals surface area contributed by atoms with Crippen molar-refractivity contribution in [3.8, 4) is 11.5 Å². The van der Waals surface area contributed by atoms with Gasteiger partial charge in [0, 0.05) is 18.3 Å². The van der Waals surface area contributed by atoms with Crippen LogP contribution in [0.3, 0.4) is 0 Å². The molecular weight excluding hydrogens is 238 g/mol. The quantitative estimate of drug-likeness (QED) is 0.803. The maximum atomic E-state index is 5.65. The number of methoxy groups -OCH3 is 1. The van der Waals surface area contributed by atoms with Crippen LogP contribution in [-0.4, -0.2) is 20.3 Å². The van der Waals surface area contributed by atoms with E-state index in [-0.39, 0.29) is 0 Å². The second kappa shape index (κ2) is 6.69. The van der Waals surface area contributed by atoms with E-state index in [4.69, 9.17) is 9.47 Å². The first-order valence-corrected chi connectivity index (χ1v) is 6.35. The third kappa shape index (κ3) is 4.21. The van der Waals surface area contributed by atoms with Crippen molar-refractivity contribution in [1.82, 2.24) is 0 Å². The number of rotatable bonds is 6. The van der Waals surface area contributed by atoms with Crippen LogP contribution >= 0.6 is 0 Å². The fourth-order valence-corrected chi connectivity index (χ4v) is 1.73. The van der Waals surface area contributed by atoms with Crippen molar-refractivity contribution in [3.63, 3.8) is 0 Å². The summed E-state index contributed by atoms with van der Waals surface area (Å²) in [5, 5.41) is 3.30. The molecule has 0 fully saturated rings. The average Bonchev–Trinajstić information content (AvgIpc) is 2.46. The molecule has 0 aliphatic rings. The van der Waals surface area contributed by atoms with E-state index in [0.717, 1.165) is 23.7 Å².